The number of anilines is 4. The summed E-state index contributed by atoms with van der Waals surface area (Å²) in [4.78, 5) is 33.1. The molecule has 1 unspecified atom stereocenters. The van der Waals surface area contributed by atoms with Gasteiger partial charge in [-0.25, -0.2) is 23.8 Å². The quantitative estimate of drug-likeness (QED) is 0.444. The van der Waals surface area contributed by atoms with Crippen LogP contribution in [-0.2, 0) is 9.63 Å². The van der Waals surface area contributed by atoms with Gasteiger partial charge in [0.2, 0.25) is 5.91 Å². The smallest absolute Gasteiger partial charge is 0.236 e. The van der Waals surface area contributed by atoms with Crippen molar-refractivity contribution in [3.8, 4) is 5.75 Å². The molecule has 3 saturated heterocycles. The molecule has 1 amide bonds. The van der Waals surface area contributed by atoms with Crippen LogP contribution in [0.2, 0.25) is 0 Å². The van der Waals surface area contributed by atoms with Gasteiger partial charge in [-0.05, 0) is 31.0 Å². The molecule has 0 saturated carbocycles. The minimum atomic E-state index is -0.893. The molecule has 0 spiro atoms. The summed E-state index contributed by atoms with van der Waals surface area (Å²) >= 11 is 0. The number of aromatic nitrogens is 2. The van der Waals surface area contributed by atoms with Crippen molar-refractivity contribution in [3.63, 3.8) is 0 Å². The summed E-state index contributed by atoms with van der Waals surface area (Å²) in [5.41, 5.74) is 2.02. The van der Waals surface area contributed by atoms with Gasteiger partial charge in [-0.2, -0.15) is 0 Å². The number of carbonyl (C=O) groups is 1. The molecule has 3 aliphatic heterocycles. The van der Waals surface area contributed by atoms with Crippen LogP contribution in [-0.4, -0.2) is 85.2 Å². The first kappa shape index (κ1) is 28.1. The zero-order chi connectivity index (χ0) is 29.2. The standard InChI is InChI=1S/C30H35F2N7O3/c1-36-13-14-38(18-29(36)40)20-8-11-37(12-9-20)21-6-7-24(26(16-21)41-2)35-27-17-28(34-19-33-27)39-25(10-15-42-39)22-4-3-5-23(31)30(22)32/h3-7,16-17,19-20,25H,8-15,18H2,1-2H3,(H,33,34,35). The fourth-order valence-electron chi connectivity index (χ4n) is 5.99. The van der Waals surface area contributed by atoms with Crippen LogP contribution in [0, 0.1) is 11.6 Å². The van der Waals surface area contributed by atoms with E-state index in [2.05, 4.69) is 31.2 Å². The Morgan fingerprint density at radius 1 is 1.02 bits per heavy atom. The lowest BCUT2D eigenvalue weighted by Crippen LogP contribution is -2.54. The number of likely N-dealkylation sites (N-methyl/N-ethyl adjacent to an activating group) is 1. The molecule has 4 heterocycles. The third kappa shape index (κ3) is 5.68. The number of rotatable bonds is 7. The highest BCUT2D eigenvalue weighted by Gasteiger charge is 2.32. The van der Waals surface area contributed by atoms with Crippen LogP contribution in [0.15, 0.2) is 48.8 Å². The highest BCUT2D eigenvalue weighted by molar-refractivity contribution is 5.78. The largest absolute Gasteiger partial charge is 0.494 e. The van der Waals surface area contributed by atoms with E-state index >= 15 is 0 Å². The van der Waals surface area contributed by atoms with E-state index in [-0.39, 0.29) is 11.5 Å². The Hall–Kier alpha value is -4.03. The molecule has 6 rings (SSSR count). The van der Waals surface area contributed by atoms with Gasteiger partial charge in [0.05, 0.1) is 32.0 Å². The van der Waals surface area contributed by atoms with E-state index in [1.165, 1.54) is 17.5 Å². The lowest BCUT2D eigenvalue weighted by atomic mass is 10.0. The molecular formula is C30H35F2N7O3. The average Bonchev–Trinajstić information content (AvgIpc) is 3.50. The minimum absolute atomic E-state index is 0.195. The van der Waals surface area contributed by atoms with Crippen LogP contribution in [0.1, 0.15) is 30.9 Å². The van der Waals surface area contributed by atoms with Crippen LogP contribution in [0.3, 0.4) is 0 Å². The second-order valence-electron chi connectivity index (χ2n) is 10.9. The normalized spacial score (nSPS) is 20.3. The van der Waals surface area contributed by atoms with Gasteiger partial charge in [-0.1, -0.05) is 12.1 Å². The van der Waals surface area contributed by atoms with Crippen molar-refractivity contribution in [2.75, 3.05) is 68.8 Å². The molecule has 222 valence electrons. The molecule has 1 aromatic heterocycles. The van der Waals surface area contributed by atoms with E-state index < -0.39 is 17.7 Å². The monoisotopic (exact) mass is 579 g/mol. The number of hydrogen-bond donors (Lipinski definition) is 1. The predicted molar refractivity (Wildman–Crippen MR) is 155 cm³/mol. The Morgan fingerprint density at radius 3 is 2.64 bits per heavy atom. The summed E-state index contributed by atoms with van der Waals surface area (Å²) in [6, 6.07) is 11.8. The summed E-state index contributed by atoms with van der Waals surface area (Å²) < 4.78 is 34.2. The van der Waals surface area contributed by atoms with Crippen LogP contribution in [0.5, 0.6) is 5.75 Å². The number of piperidine rings is 1. The van der Waals surface area contributed by atoms with Gasteiger partial charge in [-0.15, -0.1) is 0 Å². The predicted octanol–water partition coefficient (Wildman–Crippen LogP) is 4.13. The molecule has 1 atom stereocenters. The highest BCUT2D eigenvalue weighted by atomic mass is 19.2. The average molecular weight is 580 g/mol. The first-order valence-electron chi connectivity index (χ1n) is 14.3. The Bertz CT molecular complexity index is 1440. The van der Waals surface area contributed by atoms with Crippen molar-refractivity contribution >= 4 is 28.9 Å². The maximum Gasteiger partial charge on any atom is 0.236 e. The Morgan fingerprint density at radius 2 is 1.86 bits per heavy atom. The fourth-order valence-corrected chi connectivity index (χ4v) is 5.99. The molecule has 3 aliphatic rings. The van der Waals surface area contributed by atoms with E-state index in [4.69, 9.17) is 9.57 Å². The van der Waals surface area contributed by atoms with Gasteiger partial charge in [-0.3, -0.25) is 14.5 Å². The third-order valence-electron chi connectivity index (χ3n) is 8.40. The number of benzene rings is 2. The zero-order valence-electron chi connectivity index (χ0n) is 23.8. The van der Waals surface area contributed by atoms with Gasteiger partial charge >= 0.3 is 0 Å². The van der Waals surface area contributed by atoms with Crippen molar-refractivity contribution in [2.24, 2.45) is 0 Å². The number of hydrogen-bond acceptors (Lipinski definition) is 9. The molecule has 10 nitrogen and oxygen atoms in total. The molecule has 2 aromatic carbocycles. The van der Waals surface area contributed by atoms with Crippen molar-refractivity contribution in [3.05, 3.63) is 66.0 Å². The molecular weight excluding hydrogens is 544 g/mol. The topological polar surface area (TPSA) is 86.3 Å². The lowest BCUT2D eigenvalue weighted by Gasteiger charge is -2.42. The summed E-state index contributed by atoms with van der Waals surface area (Å²) in [7, 11) is 3.50. The molecule has 1 N–H and O–H groups in total. The zero-order valence-corrected chi connectivity index (χ0v) is 23.8. The second kappa shape index (κ2) is 12.1. The maximum absolute atomic E-state index is 14.6. The first-order valence-corrected chi connectivity index (χ1v) is 14.3. The third-order valence-corrected chi connectivity index (χ3v) is 8.40. The molecule has 12 heteroatoms. The van der Waals surface area contributed by atoms with Crippen LogP contribution >= 0.6 is 0 Å². The molecule has 42 heavy (non-hydrogen) atoms. The number of amides is 1. The molecule has 3 aromatic rings. The van der Waals surface area contributed by atoms with Gasteiger partial charge < -0.3 is 19.9 Å². The SMILES string of the molecule is COc1cc(N2CCC(N3CCN(C)C(=O)C3)CC2)ccc1Nc1cc(N2OCCC2c2cccc(F)c2F)ncn1. The minimum Gasteiger partial charge on any atom is -0.494 e. The Kier molecular flexibility index (Phi) is 8.07. The molecule has 3 fully saturated rings. The van der Waals surface area contributed by atoms with E-state index in [1.807, 2.05) is 19.2 Å². The van der Waals surface area contributed by atoms with Crippen molar-refractivity contribution < 1.29 is 23.1 Å². The van der Waals surface area contributed by atoms with Gasteiger partial charge in [0.25, 0.3) is 0 Å². The maximum atomic E-state index is 14.6. The number of carbonyl (C=O) groups excluding carboxylic acids is 1. The Balaban J connectivity index is 1.13. The van der Waals surface area contributed by atoms with E-state index in [0.29, 0.717) is 43.0 Å². The number of piperazine rings is 1. The fraction of sp³-hybridized carbons (Fsp3) is 0.433. The lowest BCUT2D eigenvalue weighted by molar-refractivity contribution is -0.135. The molecule has 0 radical (unpaired) electrons. The van der Waals surface area contributed by atoms with Crippen LogP contribution in [0.4, 0.5) is 31.8 Å². The number of hydroxylamine groups is 1. The number of nitrogens with zero attached hydrogens (tertiary/aromatic N) is 6. The van der Waals surface area contributed by atoms with Crippen molar-refractivity contribution in [1.29, 1.82) is 0 Å². The van der Waals surface area contributed by atoms with Crippen molar-refractivity contribution in [1.82, 2.24) is 19.8 Å². The van der Waals surface area contributed by atoms with Gasteiger partial charge in [0, 0.05) is 69.1 Å². The summed E-state index contributed by atoms with van der Waals surface area (Å²) in [5, 5.41) is 4.80. The second-order valence-corrected chi connectivity index (χ2v) is 10.9. The summed E-state index contributed by atoms with van der Waals surface area (Å²) in [6.45, 7) is 4.38. The summed E-state index contributed by atoms with van der Waals surface area (Å²) in [6.07, 6.45) is 3.90. The van der Waals surface area contributed by atoms with Crippen molar-refractivity contribution in [2.45, 2.75) is 31.3 Å². The summed E-state index contributed by atoms with van der Waals surface area (Å²) in [5.74, 6) is 0.0172. The molecule has 0 bridgehead atoms. The highest BCUT2D eigenvalue weighted by Crippen LogP contribution is 2.37. The van der Waals surface area contributed by atoms with Gasteiger partial charge in [0.1, 0.15) is 17.9 Å². The number of ether oxygens (including phenoxy) is 1. The number of halogens is 2. The van der Waals surface area contributed by atoms with Crippen LogP contribution in [0.25, 0.3) is 0 Å². The van der Waals surface area contributed by atoms with E-state index in [0.717, 1.165) is 56.5 Å². The first-order chi connectivity index (χ1) is 20.4. The van der Waals surface area contributed by atoms with Gasteiger partial charge in [0.15, 0.2) is 17.5 Å². The number of nitrogens with one attached hydrogen (secondary N) is 1. The van der Waals surface area contributed by atoms with E-state index in [9.17, 15) is 13.6 Å². The number of methoxy groups -OCH3 is 1. The molecule has 0 aliphatic carbocycles. The van der Waals surface area contributed by atoms with Crippen LogP contribution < -0.4 is 20.0 Å². The Labute approximate surface area is 243 Å². The van der Waals surface area contributed by atoms with E-state index in [1.54, 1.807) is 24.1 Å².